The average molecular weight is 319 g/mol. The Labute approximate surface area is 113 Å². The van der Waals surface area contributed by atoms with Crippen molar-refractivity contribution in [3.63, 3.8) is 0 Å². The molecular weight excluding hydrogens is 304 g/mol. The van der Waals surface area contributed by atoms with E-state index in [-0.39, 0.29) is 5.56 Å². The fraction of sp³-hybridized carbons (Fsp3) is 0.455. The van der Waals surface area contributed by atoms with Crippen LogP contribution in [0.4, 0.5) is 5.69 Å². The zero-order chi connectivity index (χ0) is 13.9. The summed E-state index contributed by atoms with van der Waals surface area (Å²) in [5.74, 6) is -0.495. The van der Waals surface area contributed by atoms with Crippen LogP contribution < -0.4 is 5.73 Å². The number of rotatable bonds is 5. The number of phenolic OH excluding ortho intramolecular Hbond substituents is 1. The van der Waals surface area contributed by atoms with Gasteiger partial charge in [0.1, 0.15) is 0 Å². The number of aromatic hydroxyl groups is 1. The van der Waals surface area contributed by atoms with Crippen molar-refractivity contribution >= 4 is 21.6 Å². The van der Waals surface area contributed by atoms with Gasteiger partial charge in [0.25, 0.3) is 0 Å². The molecule has 0 aromatic heterocycles. The molecule has 1 aromatic rings. The highest BCUT2D eigenvalue weighted by molar-refractivity contribution is 9.10. The van der Waals surface area contributed by atoms with Gasteiger partial charge in [0.15, 0.2) is 5.75 Å². The van der Waals surface area contributed by atoms with Gasteiger partial charge >= 0.3 is 5.69 Å². The van der Waals surface area contributed by atoms with Crippen LogP contribution in [-0.4, -0.2) is 21.2 Å². The summed E-state index contributed by atoms with van der Waals surface area (Å²) < 4.78 is 0.432. The van der Waals surface area contributed by atoms with Gasteiger partial charge in [-0.05, 0) is 12.5 Å². The Hall–Kier alpha value is -1.18. The van der Waals surface area contributed by atoms with E-state index >= 15 is 0 Å². The molecule has 100 valence electrons. The number of nitrogens with two attached hydrogens (primary N) is 1. The van der Waals surface area contributed by atoms with Crippen molar-refractivity contribution in [3.05, 3.63) is 32.3 Å². The third-order valence-electron chi connectivity index (χ3n) is 2.64. The second kappa shape index (κ2) is 6.12. The number of hydrogen-bond acceptors (Lipinski definition) is 5. The summed E-state index contributed by atoms with van der Waals surface area (Å²) in [4.78, 5) is 10.1. The first kappa shape index (κ1) is 14.9. The Morgan fingerprint density at radius 3 is 2.67 bits per heavy atom. The maximum absolute atomic E-state index is 10.8. The van der Waals surface area contributed by atoms with Gasteiger partial charge in [-0.3, -0.25) is 10.1 Å². The van der Waals surface area contributed by atoms with E-state index in [1.807, 2.05) is 6.92 Å². The van der Waals surface area contributed by atoms with Crippen LogP contribution in [0.2, 0.25) is 0 Å². The molecule has 0 aliphatic heterocycles. The monoisotopic (exact) mass is 318 g/mol. The van der Waals surface area contributed by atoms with Crippen molar-refractivity contribution < 1.29 is 15.1 Å². The van der Waals surface area contributed by atoms with Crippen molar-refractivity contribution in [2.24, 2.45) is 5.73 Å². The first-order chi connectivity index (χ1) is 8.38. The lowest BCUT2D eigenvalue weighted by Gasteiger charge is -2.19. The molecule has 0 spiro atoms. The summed E-state index contributed by atoms with van der Waals surface area (Å²) in [7, 11) is 0. The zero-order valence-corrected chi connectivity index (χ0v) is 11.4. The van der Waals surface area contributed by atoms with Crippen molar-refractivity contribution in [2.75, 3.05) is 0 Å². The van der Waals surface area contributed by atoms with Gasteiger partial charge in [0, 0.05) is 16.1 Å². The lowest BCUT2D eigenvalue weighted by atomic mass is 9.98. The number of nitro groups is 1. The maximum Gasteiger partial charge on any atom is 0.312 e. The molecule has 0 fully saturated rings. The standard InChI is InChI=1S/C11H15BrN2O4/c1-2-3-9(15)10(13)7-4-6(12)5-8(11(7)16)14(17)18/h4-5,9-10,15-16H,2-3,13H2,1H3/t9-,10+/m1/s1. The van der Waals surface area contributed by atoms with Crippen LogP contribution in [0.5, 0.6) is 5.75 Å². The molecule has 6 nitrogen and oxygen atoms in total. The van der Waals surface area contributed by atoms with Crippen LogP contribution in [0.3, 0.4) is 0 Å². The molecule has 1 rings (SSSR count). The largest absolute Gasteiger partial charge is 0.502 e. The molecule has 0 aliphatic rings. The summed E-state index contributed by atoms with van der Waals surface area (Å²) in [6, 6.07) is 1.81. The van der Waals surface area contributed by atoms with Crippen LogP contribution in [-0.2, 0) is 0 Å². The van der Waals surface area contributed by atoms with Crippen molar-refractivity contribution in [1.29, 1.82) is 0 Å². The number of nitro benzene ring substituents is 1. The molecule has 0 unspecified atom stereocenters. The van der Waals surface area contributed by atoms with E-state index in [0.717, 1.165) is 6.42 Å². The zero-order valence-electron chi connectivity index (χ0n) is 9.84. The Bertz CT molecular complexity index is 453. The lowest BCUT2D eigenvalue weighted by molar-refractivity contribution is -0.386. The van der Waals surface area contributed by atoms with E-state index in [9.17, 15) is 20.3 Å². The van der Waals surface area contributed by atoms with Crippen LogP contribution >= 0.6 is 15.9 Å². The Morgan fingerprint density at radius 2 is 2.17 bits per heavy atom. The normalized spacial score (nSPS) is 14.2. The van der Waals surface area contributed by atoms with Crippen LogP contribution in [0.1, 0.15) is 31.4 Å². The van der Waals surface area contributed by atoms with E-state index in [0.29, 0.717) is 10.9 Å². The molecule has 1 aromatic carbocycles. The highest BCUT2D eigenvalue weighted by Crippen LogP contribution is 2.37. The van der Waals surface area contributed by atoms with Gasteiger partial charge in [-0.25, -0.2) is 0 Å². The minimum atomic E-state index is -0.860. The molecule has 0 saturated heterocycles. The summed E-state index contributed by atoms with van der Waals surface area (Å²) in [5.41, 5.74) is 5.54. The number of aliphatic hydroxyl groups excluding tert-OH is 1. The van der Waals surface area contributed by atoms with Crippen LogP contribution in [0.15, 0.2) is 16.6 Å². The first-order valence-corrected chi connectivity index (χ1v) is 6.28. The van der Waals surface area contributed by atoms with Gasteiger partial charge in [-0.1, -0.05) is 29.3 Å². The molecular formula is C11H15BrN2O4. The number of hydrogen-bond donors (Lipinski definition) is 3. The second-order valence-electron chi connectivity index (χ2n) is 4.00. The molecule has 0 bridgehead atoms. The summed E-state index contributed by atoms with van der Waals surface area (Å²) in [5, 5.41) is 30.4. The highest BCUT2D eigenvalue weighted by Gasteiger charge is 2.25. The highest BCUT2D eigenvalue weighted by atomic mass is 79.9. The van der Waals surface area contributed by atoms with E-state index in [2.05, 4.69) is 15.9 Å². The number of halogens is 1. The molecule has 7 heteroatoms. The fourth-order valence-corrected chi connectivity index (χ4v) is 2.14. The maximum atomic E-state index is 10.8. The predicted molar refractivity (Wildman–Crippen MR) is 70.3 cm³/mol. The minimum Gasteiger partial charge on any atom is -0.502 e. The summed E-state index contributed by atoms with van der Waals surface area (Å²) in [6.45, 7) is 1.89. The molecule has 2 atom stereocenters. The fourth-order valence-electron chi connectivity index (χ4n) is 1.68. The van der Waals surface area contributed by atoms with E-state index in [1.54, 1.807) is 0 Å². The number of aliphatic hydroxyl groups is 1. The third kappa shape index (κ3) is 3.18. The van der Waals surface area contributed by atoms with Gasteiger partial charge in [-0.2, -0.15) is 0 Å². The molecule has 18 heavy (non-hydrogen) atoms. The van der Waals surface area contributed by atoms with E-state index < -0.39 is 28.5 Å². The van der Waals surface area contributed by atoms with Gasteiger partial charge in [0.05, 0.1) is 17.1 Å². The Kier molecular flexibility index (Phi) is 5.06. The Balaban J connectivity index is 3.19. The first-order valence-electron chi connectivity index (χ1n) is 5.48. The predicted octanol–water partition coefficient (Wildman–Crippen LogP) is 2.22. The molecule has 0 aliphatic carbocycles. The quantitative estimate of drug-likeness (QED) is 0.569. The molecule has 0 amide bonds. The van der Waals surface area contributed by atoms with Gasteiger partial charge < -0.3 is 15.9 Å². The lowest BCUT2D eigenvalue weighted by Crippen LogP contribution is -2.26. The van der Waals surface area contributed by atoms with Crippen molar-refractivity contribution in [3.8, 4) is 5.75 Å². The number of phenols is 1. The number of benzene rings is 1. The smallest absolute Gasteiger partial charge is 0.312 e. The SMILES string of the molecule is CCC[C@@H](O)[C@@H](N)c1cc(Br)cc([N+](=O)[O-])c1O. The summed E-state index contributed by atoms with van der Waals surface area (Å²) >= 11 is 3.12. The minimum absolute atomic E-state index is 0.164. The third-order valence-corrected chi connectivity index (χ3v) is 3.10. The van der Waals surface area contributed by atoms with Crippen LogP contribution in [0, 0.1) is 10.1 Å². The topological polar surface area (TPSA) is 110 Å². The van der Waals surface area contributed by atoms with Gasteiger partial charge in [-0.15, -0.1) is 0 Å². The molecule has 4 N–H and O–H groups in total. The van der Waals surface area contributed by atoms with Crippen molar-refractivity contribution in [1.82, 2.24) is 0 Å². The van der Waals surface area contributed by atoms with Gasteiger partial charge in [0.2, 0.25) is 0 Å². The Morgan fingerprint density at radius 1 is 1.56 bits per heavy atom. The van der Waals surface area contributed by atoms with E-state index in [4.69, 9.17) is 5.73 Å². The summed E-state index contributed by atoms with van der Waals surface area (Å²) in [6.07, 6.45) is 0.335. The average Bonchev–Trinajstić information content (AvgIpc) is 2.30. The van der Waals surface area contributed by atoms with E-state index in [1.165, 1.54) is 12.1 Å². The van der Waals surface area contributed by atoms with Crippen molar-refractivity contribution in [2.45, 2.75) is 31.9 Å². The molecule has 0 saturated carbocycles. The molecule has 0 heterocycles. The number of nitrogens with zero attached hydrogens (tertiary/aromatic N) is 1. The van der Waals surface area contributed by atoms with Crippen LogP contribution in [0.25, 0.3) is 0 Å². The second-order valence-corrected chi connectivity index (χ2v) is 4.92. The molecule has 0 radical (unpaired) electrons.